The molecule has 39 heavy (non-hydrogen) atoms. The highest BCUT2D eigenvalue weighted by Crippen LogP contribution is 2.15. The van der Waals surface area contributed by atoms with E-state index in [-0.39, 0.29) is 36.2 Å². The van der Waals surface area contributed by atoms with Crippen LogP contribution in [0.1, 0.15) is 37.8 Å². The lowest BCUT2D eigenvalue weighted by Crippen LogP contribution is -2.20. The van der Waals surface area contributed by atoms with Gasteiger partial charge in [0, 0.05) is 24.3 Å². The van der Waals surface area contributed by atoms with Crippen LogP contribution in [0.2, 0.25) is 0 Å². The Morgan fingerprint density at radius 2 is 1.03 bits per heavy atom. The van der Waals surface area contributed by atoms with Gasteiger partial charge in [-0.15, -0.1) is 0 Å². The average Bonchev–Trinajstić information content (AvgIpc) is 2.84. The van der Waals surface area contributed by atoms with Crippen molar-refractivity contribution in [3.05, 3.63) is 59.7 Å². The Labute approximate surface area is 232 Å². The Morgan fingerprint density at radius 3 is 1.33 bits per heavy atom. The van der Waals surface area contributed by atoms with Gasteiger partial charge in [-0.05, 0) is 73.5 Å². The molecule has 2 rings (SSSR count). The minimum absolute atomic E-state index is 0.180. The van der Waals surface area contributed by atoms with Gasteiger partial charge in [0.2, 0.25) is 11.8 Å². The molecule has 0 saturated carbocycles. The Balaban J connectivity index is 1.67. The molecule has 2 aromatic carbocycles. The summed E-state index contributed by atoms with van der Waals surface area (Å²) in [5.74, 6) is 0.789. The van der Waals surface area contributed by atoms with Crippen LogP contribution < -0.4 is 19.2 Å². The number of nitrogens with one attached hydrogen (secondary N) is 2. The zero-order chi connectivity index (χ0) is 29.1. The number of hydrazone groups is 2. The topological polar surface area (TPSA) is 170 Å². The van der Waals surface area contributed by atoms with E-state index < -0.39 is 20.2 Å². The number of hydrogen-bond acceptors (Lipinski definition) is 11. The van der Waals surface area contributed by atoms with E-state index in [1.54, 1.807) is 38.1 Å². The molecule has 0 fully saturated rings. The van der Waals surface area contributed by atoms with Crippen molar-refractivity contribution in [1.82, 2.24) is 10.9 Å². The van der Waals surface area contributed by atoms with Crippen molar-refractivity contribution in [3.8, 4) is 11.5 Å². The lowest BCUT2D eigenvalue weighted by atomic mass is 10.1. The van der Waals surface area contributed by atoms with E-state index in [4.69, 9.17) is 8.37 Å². The first-order chi connectivity index (χ1) is 18.2. The van der Waals surface area contributed by atoms with Crippen molar-refractivity contribution >= 4 is 55.2 Å². The number of carbonyl (C=O) groups is 2. The highest BCUT2D eigenvalue weighted by atomic mass is 32.2. The molecule has 2 N–H and O–H groups in total. The number of hydrogen-bond donors (Lipinski definition) is 2. The van der Waals surface area contributed by atoms with Crippen molar-refractivity contribution < 1.29 is 34.8 Å². The standard InChI is InChI=1S/C24H30N4O8S3/c1-17(19-5-9-21(10-6-19)35-38(3,31)32)25-27-23(29)13-15-37-16-14-24(30)28-26-18(2)20-7-11-22(12-8-20)36-39(4,33)34/h5-12H,13-16H2,1-4H3,(H,27,29)(H,28,30)/b25-17-,26-18-. The minimum Gasteiger partial charge on any atom is -0.383 e. The molecule has 0 aliphatic carbocycles. The van der Waals surface area contributed by atoms with Crippen molar-refractivity contribution in [3.63, 3.8) is 0 Å². The molecule has 2 amide bonds. The van der Waals surface area contributed by atoms with Gasteiger partial charge in [-0.2, -0.15) is 38.8 Å². The molecule has 0 spiro atoms. The second-order valence-corrected chi connectivity index (χ2v) is 12.6. The maximum absolute atomic E-state index is 12.0. The lowest BCUT2D eigenvalue weighted by Gasteiger charge is -2.06. The van der Waals surface area contributed by atoms with Crippen molar-refractivity contribution in [2.24, 2.45) is 10.2 Å². The summed E-state index contributed by atoms with van der Waals surface area (Å²) in [6, 6.07) is 12.5. The van der Waals surface area contributed by atoms with Gasteiger partial charge in [-0.1, -0.05) is 0 Å². The van der Waals surface area contributed by atoms with Gasteiger partial charge in [0.25, 0.3) is 0 Å². The van der Waals surface area contributed by atoms with Crippen LogP contribution in [0.25, 0.3) is 0 Å². The van der Waals surface area contributed by atoms with Crippen LogP contribution in [0.4, 0.5) is 0 Å². The fourth-order valence-corrected chi connectivity index (χ4v) is 4.60. The quantitative estimate of drug-likeness (QED) is 0.143. The molecular formula is C24H30N4O8S3. The zero-order valence-electron chi connectivity index (χ0n) is 21.8. The largest absolute Gasteiger partial charge is 0.383 e. The molecule has 0 radical (unpaired) electrons. The van der Waals surface area contributed by atoms with Crippen LogP contribution in [-0.4, -0.2) is 64.1 Å². The van der Waals surface area contributed by atoms with Crippen LogP contribution in [0.3, 0.4) is 0 Å². The maximum Gasteiger partial charge on any atom is 0.306 e. The van der Waals surface area contributed by atoms with Crippen LogP contribution in [0, 0.1) is 0 Å². The summed E-state index contributed by atoms with van der Waals surface area (Å²) in [7, 11) is -7.21. The van der Waals surface area contributed by atoms with Crippen LogP contribution in [-0.2, 0) is 29.8 Å². The highest BCUT2D eigenvalue weighted by Gasteiger charge is 2.08. The van der Waals surface area contributed by atoms with Gasteiger partial charge in [-0.3, -0.25) is 9.59 Å². The molecule has 0 atom stereocenters. The normalized spacial score (nSPS) is 12.5. The molecule has 0 saturated heterocycles. The fraction of sp³-hybridized carbons (Fsp3) is 0.333. The third-order valence-corrected chi connectivity index (χ3v) is 6.66. The Kier molecular flexibility index (Phi) is 11.9. The first-order valence-corrected chi connectivity index (χ1v) is 16.2. The molecule has 0 unspecified atom stereocenters. The smallest absolute Gasteiger partial charge is 0.306 e. The summed E-state index contributed by atoms with van der Waals surface area (Å²) < 4.78 is 54.2. The van der Waals surface area contributed by atoms with E-state index in [0.29, 0.717) is 34.1 Å². The predicted molar refractivity (Wildman–Crippen MR) is 151 cm³/mol. The van der Waals surface area contributed by atoms with E-state index in [9.17, 15) is 26.4 Å². The van der Waals surface area contributed by atoms with Gasteiger partial charge in [0.15, 0.2) is 0 Å². The SMILES string of the molecule is C/C(=N/NC(=O)CCSCCC(=O)N/N=C(/C)c1ccc(OS(C)(=O)=O)cc1)c1ccc(OS(C)(=O)=O)cc1. The average molecular weight is 599 g/mol. The van der Waals surface area contributed by atoms with E-state index in [0.717, 1.165) is 12.5 Å². The van der Waals surface area contributed by atoms with E-state index in [2.05, 4.69) is 21.1 Å². The van der Waals surface area contributed by atoms with Crippen molar-refractivity contribution in [1.29, 1.82) is 0 Å². The van der Waals surface area contributed by atoms with Gasteiger partial charge in [0.1, 0.15) is 11.5 Å². The summed E-state index contributed by atoms with van der Waals surface area (Å²) in [4.78, 5) is 24.1. The van der Waals surface area contributed by atoms with E-state index >= 15 is 0 Å². The molecule has 0 bridgehead atoms. The molecule has 2 aromatic rings. The third-order valence-electron chi connectivity index (χ3n) is 4.68. The van der Waals surface area contributed by atoms with E-state index in [1.165, 1.54) is 36.0 Å². The number of benzene rings is 2. The summed E-state index contributed by atoms with van der Waals surface area (Å²) in [5.41, 5.74) is 7.38. The summed E-state index contributed by atoms with van der Waals surface area (Å²) in [6.45, 7) is 3.40. The third kappa shape index (κ3) is 13.3. The van der Waals surface area contributed by atoms with Gasteiger partial charge in [-0.25, -0.2) is 10.9 Å². The number of amides is 2. The first-order valence-electron chi connectivity index (χ1n) is 11.5. The summed E-state index contributed by atoms with van der Waals surface area (Å²) in [6.07, 6.45) is 2.33. The van der Waals surface area contributed by atoms with Crippen LogP contribution in [0.5, 0.6) is 11.5 Å². The molecule has 0 aliphatic heterocycles. The van der Waals surface area contributed by atoms with E-state index in [1.807, 2.05) is 0 Å². The first kappa shape index (κ1) is 31.8. The maximum atomic E-state index is 12.0. The molecule has 12 nitrogen and oxygen atoms in total. The second kappa shape index (κ2) is 14.6. The fourth-order valence-electron chi connectivity index (χ4n) is 2.82. The number of rotatable bonds is 14. The van der Waals surface area contributed by atoms with Crippen molar-refractivity contribution in [2.45, 2.75) is 26.7 Å². The zero-order valence-corrected chi connectivity index (χ0v) is 24.3. The molecule has 0 heterocycles. The molecule has 0 aromatic heterocycles. The molecule has 212 valence electrons. The summed E-state index contributed by atoms with van der Waals surface area (Å²) in [5, 5.41) is 8.10. The minimum atomic E-state index is -3.61. The van der Waals surface area contributed by atoms with Gasteiger partial charge in [0.05, 0.1) is 23.9 Å². The molecule has 15 heteroatoms. The van der Waals surface area contributed by atoms with Crippen LogP contribution >= 0.6 is 11.8 Å². The van der Waals surface area contributed by atoms with Gasteiger partial charge >= 0.3 is 20.2 Å². The Hall–Kier alpha value is -3.43. The lowest BCUT2D eigenvalue weighted by molar-refractivity contribution is -0.121. The predicted octanol–water partition coefficient (Wildman–Crippen LogP) is 2.26. The number of thioether (sulfide) groups is 1. The highest BCUT2D eigenvalue weighted by molar-refractivity contribution is 7.99. The Bertz CT molecular complexity index is 1310. The second-order valence-electron chi connectivity index (χ2n) is 8.20. The number of nitrogens with zero attached hydrogens (tertiary/aromatic N) is 2. The molecular weight excluding hydrogens is 568 g/mol. The number of carbonyl (C=O) groups excluding carboxylic acids is 2. The van der Waals surface area contributed by atoms with Gasteiger partial charge < -0.3 is 8.37 Å². The Morgan fingerprint density at radius 1 is 0.692 bits per heavy atom. The monoisotopic (exact) mass is 598 g/mol. The summed E-state index contributed by atoms with van der Waals surface area (Å²) >= 11 is 1.44. The molecule has 0 aliphatic rings. The van der Waals surface area contributed by atoms with Crippen molar-refractivity contribution in [2.75, 3.05) is 24.0 Å². The van der Waals surface area contributed by atoms with Crippen LogP contribution in [0.15, 0.2) is 58.7 Å².